The van der Waals surface area contributed by atoms with Crippen LogP contribution in [-0.2, 0) is 26.6 Å². The third kappa shape index (κ3) is 5.49. The topological polar surface area (TPSA) is 92.7 Å². The molecule has 0 saturated heterocycles. The van der Waals surface area contributed by atoms with Gasteiger partial charge < -0.3 is 5.11 Å². The summed E-state index contributed by atoms with van der Waals surface area (Å²) in [7, 11) is 0. The Labute approximate surface area is 189 Å². The van der Waals surface area contributed by atoms with E-state index in [0.717, 1.165) is 22.3 Å². The zero-order valence-electron chi connectivity index (χ0n) is 18.1. The van der Waals surface area contributed by atoms with Crippen molar-refractivity contribution in [2.24, 2.45) is 0 Å². The number of hydrogen-bond donors (Lipinski definition) is 2. The first-order chi connectivity index (χ1) is 15.3. The standard InChI is InChI=1S/C25H25NO5S/c1-16-8-6-11-20(14-16)22(15-19-10-7-12-21(18(19)3)25(28)29)24(27)26-31-32(30)23-13-5-4-9-17(23)2/h4-14,22H,15H2,1-3H3,(H,26,27)(H,28,29). The van der Waals surface area contributed by atoms with Crippen molar-refractivity contribution < 1.29 is 23.2 Å². The second-order valence-corrected chi connectivity index (χ2v) is 8.69. The maximum atomic E-state index is 13.1. The molecule has 0 heterocycles. The molecule has 32 heavy (non-hydrogen) atoms. The fourth-order valence-corrected chi connectivity index (χ4v) is 4.31. The molecule has 3 rings (SSSR count). The first kappa shape index (κ1) is 23.4. The van der Waals surface area contributed by atoms with E-state index in [1.165, 1.54) is 6.07 Å². The number of hydroxylamine groups is 1. The number of carbonyl (C=O) groups excluding carboxylic acids is 1. The Kier molecular flexibility index (Phi) is 7.56. The lowest BCUT2D eigenvalue weighted by molar-refractivity contribution is -0.128. The highest BCUT2D eigenvalue weighted by molar-refractivity contribution is 7.80. The van der Waals surface area contributed by atoms with Gasteiger partial charge >= 0.3 is 5.97 Å². The smallest absolute Gasteiger partial charge is 0.335 e. The number of amides is 1. The third-order valence-corrected chi connectivity index (χ3v) is 6.40. The first-order valence-electron chi connectivity index (χ1n) is 10.1. The van der Waals surface area contributed by atoms with Gasteiger partial charge in [-0.1, -0.05) is 60.2 Å². The molecule has 0 fully saturated rings. The largest absolute Gasteiger partial charge is 0.478 e. The van der Waals surface area contributed by atoms with Gasteiger partial charge in [-0.25, -0.2) is 14.5 Å². The van der Waals surface area contributed by atoms with E-state index in [0.29, 0.717) is 10.5 Å². The van der Waals surface area contributed by atoms with Crippen LogP contribution in [0.3, 0.4) is 0 Å². The predicted molar refractivity (Wildman–Crippen MR) is 123 cm³/mol. The molecular formula is C25H25NO5S. The molecule has 166 valence electrons. The molecule has 0 saturated carbocycles. The summed E-state index contributed by atoms with van der Waals surface area (Å²) < 4.78 is 17.7. The Morgan fingerprint density at radius 1 is 1.00 bits per heavy atom. The highest BCUT2D eigenvalue weighted by atomic mass is 32.2. The number of aryl methyl sites for hydroxylation is 2. The molecule has 0 spiro atoms. The van der Waals surface area contributed by atoms with Crippen LogP contribution < -0.4 is 5.48 Å². The van der Waals surface area contributed by atoms with Crippen molar-refractivity contribution >= 4 is 23.0 Å². The molecule has 2 atom stereocenters. The molecule has 0 aliphatic heterocycles. The molecule has 2 unspecified atom stereocenters. The van der Waals surface area contributed by atoms with Crippen molar-refractivity contribution in [3.8, 4) is 0 Å². The van der Waals surface area contributed by atoms with Crippen LogP contribution in [0.15, 0.2) is 71.6 Å². The molecule has 6 nitrogen and oxygen atoms in total. The Morgan fingerprint density at radius 3 is 2.41 bits per heavy atom. The highest BCUT2D eigenvalue weighted by Crippen LogP contribution is 2.26. The molecule has 7 heteroatoms. The summed E-state index contributed by atoms with van der Waals surface area (Å²) in [6.07, 6.45) is 0.266. The van der Waals surface area contributed by atoms with Crippen LogP contribution in [0, 0.1) is 20.8 Å². The minimum Gasteiger partial charge on any atom is -0.478 e. The number of hydrogen-bond acceptors (Lipinski definition) is 4. The quantitative estimate of drug-likeness (QED) is 0.495. The van der Waals surface area contributed by atoms with Gasteiger partial charge in [-0.2, -0.15) is 4.28 Å². The summed E-state index contributed by atoms with van der Waals surface area (Å²) in [5, 5.41) is 9.43. The summed E-state index contributed by atoms with van der Waals surface area (Å²) in [6.45, 7) is 5.47. The van der Waals surface area contributed by atoms with E-state index >= 15 is 0 Å². The summed E-state index contributed by atoms with van der Waals surface area (Å²) in [6, 6.07) is 19.6. The van der Waals surface area contributed by atoms with Crippen molar-refractivity contribution in [2.75, 3.05) is 0 Å². The van der Waals surface area contributed by atoms with Crippen LogP contribution >= 0.6 is 0 Å². The van der Waals surface area contributed by atoms with Crippen molar-refractivity contribution in [1.82, 2.24) is 5.48 Å². The van der Waals surface area contributed by atoms with Gasteiger partial charge in [0.05, 0.1) is 16.4 Å². The van der Waals surface area contributed by atoms with Gasteiger partial charge in [-0.3, -0.25) is 4.79 Å². The van der Waals surface area contributed by atoms with E-state index in [-0.39, 0.29) is 12.0 Å². The number of rotatable bonds is 8. The molecule has 0 aromatic heterocycles. The zero-order valence-corrected chi connectivity index (χ0v) is 18.9. The van der Waals surface area contributed by atoms with Crippen LogP contribution in [0.5, 0.6) is 0 Å². The number of carboxylic acids is 1. The summed E-state index contributed by atoms with van der Waals surface area (Å²) in [5.74, 6) is -2.14. The van der Waals surface area contributed by atoms with E-state index in [1.54, 1.807) is 25.1 Å². The van der Waals surface area contributed by atoms with E-state index in [1.807, 2.05) is 56.3 Å². The van der Waals surface area contributed by atoms with E-state index < -0.39 is 28.9 Å². The van der Waals surface area contributed by atoms with Crippen LogP contribution in [0.4, 0.5) is 0 Å². The SMILES string of the molecule is Cc1cccc(C(Cc2cccc(C(=O)O)c2C)C(=O)NOS(=O)c2ccccc2C)c1. The number of carbonyl (C=O) groups is 2. The predicted octanol–water partition coefficient (Wildman–Crippen LogP) is 4.41. The number of nitrogens with one attached hydrogen (secondary N) is 1. The van der Waals surface area contributed by atoms with Crippen molar-refractivity contribution in [2.45, 2.75) is 38.0 Å². The molecule has 3 aromatic rings. The molecule has 2 N–H and O–H groups in total. The van der Waals surface area contributed by atoms with Gasteiger partial charge in [0.1, 0.15) is 0 Å². The van der Waals surface area contributed by atoms with Gasteiger partial charge in [0.15, 0.2) is 0 Å². The maximum Gasteiger partial charge on any atom is 0.335 e. The number of aromatic carboxylic acids is 1. The van der Waals surface area contributed by atoms with Gasteiger partial charge in [0, 0.05) is 0 Å². The Hall–Kier alpha value is -3.29. The molecule has 0 bridgehead atoms. The van der Waals surface area contributed by atoms with Gasteiger partial charge in [-0.05, 0) is 61.6 Å². The van der Waals surface area contributed by atoms with Gasteiger partial charge in [0.2, 0.25) is 11.1 Å². The number of benzene rings is 3. The maximum absolute atomic E-state index is 13.1. The lowest BCUT2D eigenvalue weighted by Gasteiger charge is -2.19. The first-order valence-corrected chi connectivity index (χ1v) is 11.2. The minimum absolute atomic E-state index is 0.197. The Morgan fingerprint density at radius 2 is 1.72 bits per heavy atom. The zero-order chi connectivity index (χ0) is 23.3. The molecule has 0 aliphatic rings. The highest BCUT2D eigenvalue weighted by Gasteiger charge is 2.24. The van der Waals surface area contributed by atoms with Crippen LogP contribution in [0.25, 0.3) is 0 Å². The van der Waals surface area contributed by atoms with Gasteiger partial charge in [-0.15, -0.1) is 0 Å². The Bertz CT molecular complexity index is 1170. The van der Waals surface area contributed by atoms with E-state index in [4.69, 9.17) is 4.28 Å². The van der Waals surface area contributed by atoms with Crippen molar-refractivity contribution in [3.05, 3.63) is 100 Å². The van der Waals surface area contributed by atoms with Crippen molar-refractivity contribution in [1.29, 1.82) is 0 Å². The average Bonchev–Trinajstić information content (AvgIpc) is 2.76. The summed E-state index contributed by atoms with van der Waals surface area (Å²) >= 11 is -1.86. The fraction of sp³-hybridized carbons (Fsp3) is 0.200. The lowest BCUT2D eigenvalue weighted by Crippen LogP contribution is -2.31. The monoisotopic (exact) mass is 451 g/mol. The molecule has 0 aliphatic carbocycles. The minimum atomic E-state index is -1.86. The average molecular weight is 452 g/mol. The van der Waals surface area contributed by atoms with Gasteiger partial charge in [0.25, 0.3) is 5.91 Å². The van der Waals surface area contributed by atoms with E-state index in [9.17, 15) is 18.9 Å². The normalized spacial score (nSPS) is 12.7. The third-order valence-electron chi connectivity index (χ3n) is 5.35. The van der Waals surface area contributed by atoms with Crippen LogP contribution in [0.1, 0.15) is 44.1 Å². The summed E-state index contributed by atoms with van der Waals surface area (Å²) in [4.78, 5) is 25.1. The van der Waals surface area contributed by atoms with Crippen molar-refractivity contribution in [3.63, 3.8) is 0 Å². The molecule has 1 amide bonds. The molecule has 3 aromatic carbocycles. The molecular weight excluding hydrogens is 426 g/mol. The van der Waals surface area contributed by atoms with E-state index in [2.05, 4.69) is 5.48 Å². The lowest BCUT2D eigenvalue weighted by atomic mass is 9.88. The molecule has 0 radical (unpaired) electrons. The number of carboxylic acid groups (broad SMARTS) is 1. The second-order valence-electron chi connectivity index (χ2n) is 7.62. The summed E-state index contributed by atoms with van der Waals surface area (Å²) in [5.41, 5.74) is 6.43. The Balaban J connectivity index is 1.86. The van der Waals surface area contributed by atoms with Crippen LogP contribution in [-0.4, -0.2) is 21.2 Å². The second kappa shape index (κ2) is 10.3. The fourth-order valence-electron chi connectivity index (χ4n) is 3.54. The van der Waals surface area contributed by atoms with Crippen LogP contribution in [0.2, 0.25) is 0 Å².